The summed E-state index contributed by atoms with van der Waals surface area (Å²) in [6.45, 7) is 0. The maximum Gasteiger partial charge on any atom is 0.322 e. The number of hydrogen-bond donors (Lipinski definition) is 2. The van der Waals surface area contributed by atoms with Crippen molar-refractivity contribution in [3.63, 3.8) is 0 Å². The molecule has 0 bridgehead atoms. The number of nitrogens with two attached hydrogens (primary N) is 1. The number of nitrogens with zero attached hydrogens (tertiary/aromatic N) is 1. The first-order valence-electron chi connectivity index (χ1n) is 2.91. The van der Waals surface area contributed by atoms with Gasteiger partial charge in [0.05, 0.1) is 0 Å². The molecule has 0 saturated carbocycles. The molecular formula is C6H7N3OS. The van der Waals surface area contributed by atoms with E-state index in [4.69, 9.17) is 5.73 Å². The van der Waals surface area contributed by atoms with Gasteiger partial charge in [0, 0.05) is 17.3 Å². The largest absolute Gasteiger partial charge is 0.351 e. The van der Waals surface area contributed by atoms with E-state index in [1.807, 2.05) is 0 Å². The van der Waals surface area contributed by atoms with Gasteiger partial charge in [-0.15, -0.1) is 0 Å². The minimum absolute atomic E-state index is 0.549. The van der Waals surface area contributed by atoms with Crippen LogP contribution in [0.25, 0.3) is 0 Å². The maximum atomic E-state index is 10.2. The van der Waals surface area contributed by atoms with Crippen LogP contribution in [-0.2, 0) is 0 Å². The molecule has 0 fully saturated rings. The second kappa shape index (κ2) is 3.82. The van der Waals surface area contributed by atoms with Crippen LogP contribution in [0, 0.1) is 0 Å². The van der Waals surface area contributed by atoms with E-state index in [1.165, 1.54) is 0 Å². The molecule has 0 aliphatic carbocycles. The van der Waals surface area contributed by atoms with Crippen molar-refractivity contribution in [2.24, 2.45) is 5.73 Å². The summed E-state index contributed by atoms with van der Waals surface area (Å²) in [4.78, 5) is 15.0. The molecule has 0 saturated heterocycles. The zero-order valence-corrected chi connectivity index (χ0v) is 6.47. The van der Waals surface area contributed by atoms with E-state index in [0.717, 1.165) is 16.8 Å². The van der Waals surface area contributed by atoms with E-state index in [2.05, 4.69) is 9.71 Å². The van der Waals surface area contributed by atoms with E-state index >= 15 is 0 Å². The minimum Gasteiger partial charge on any atom is -0.351 e. The summed E-state index contributed by atoms with van der Waals surface area (Å²) in [5.41, 5.74) is 4.85. The van der Waals surface area contributed by atoms with E-state index < -0.39 is 6.03 Å². The molecule has 0 aromatic carbocycles. The molecule has 1 aromatic rings. The highest BCUT2D eigenvalue weighted by molar-refractivity contribution is 7.98. The van der Waals surface area contributed by atoms with E-state index in [1.54, 1.807) is 24.5 Å². The first-order valence-corrected chi connectivity index (χ1v) is 3.73. The molecule has 1 heterocycles. The predicted molar refractivity (Wildman–Crippen MR) is 42.8 cm³/mol. The lowest BCUT2D eigenvalue weighted by Crippen LogP contribution is -2.22. The molecule has 0 aliphatic heterocycles. The Morgan fingerprint density at radius 1 is 1.55 bits per heavy atom. The SMILES string of the molecule is NC(=O)NSc1ccncc1. The average molecular weight is 169 g/mol. The van der Waals surface area contributed by atoms with Gasteiger partial charge >= 0.3 is 6.03 Å². The predicted octanol–water partition coefficient (Wildman–Crippen LogP) is 0.757. The van der Waals surface area contributed by atoms with Crippen LogP contribution in [0.3, 0.4) is 0 Å². The van der Waals surface area contributed by atoms with Crippen LogP contribution >= 0.6 is 11.9 Å². The Morgan fingerprint density at radius 3 is 2.73 bits per heavy atom. The Kier molecular flexibility index (Phi) is 2.74. The van der Waals surface area contributed by atoms with Gasteiger partial charge < -0.3 is 5.73 Å². The number of hydrogen-bond acceptors (Lipinski definition) is 3. The van der Waals surface area contributed by atoms with E-state index in [9.17, 15) is 4.79 Å². The fraction of sp³-hybridized carbons (Fsp3) is 0. The number of amides is 2. The van der Waals surface area contributed by atoms with Gasteiger partial charge in [0.15, 0.2) is 0 Å². The van der Waals surface area contributed by atoms with Crippen LogP contribution in [0.4, 0.5) is 4.79 Å². The maximum absolute atomic E-state index is 10.2. The summed E-state index contributed by atoms with van der Waals surface area (Å²) < 4.78 is 2.39. The molecule has 58 valence electrons. The van der Waals surface area contributed by atoms with Crippen LogP contribution in [0.2, 0.25) is 0 Å². The van der Waals surface area contributed by atoms with Crippen molar-refractivity contribution >= 4 is 18.0 Å². The quantitative estimate of drug-likeness (QED) is 0.642. The molecule has 0 atom stereocenters. The van der Waals surface area contributed by atoms with Crippen LogP contribution in [0.1, 0.15) is 0 Å². The van der Waals surface area contributed by atoms with Gasteiger partial charge in [-0.2, -0.15) is 0 Å². The van der Waals surface area contributed by atoms with Gasteiger partial charge in [0.2, 0.25) is 0 Å². The van der Waals surface area contributed by atoms with Crippen molar-refractivity contribution in [2.75, 3.05) is 0 Å². The molecule has 2 amide bonds. The van der Waals surface area contributed by atoms with Crippen molar-refractivity contribution < 1.29 is 4.79 Å². The van der Waals surface area contributed by atoms with Crippen LogP contribution in [0.5, 0.6) is 0 Å². The third-order valence-electron chi connectivity index (χ3n) is 0.919. The summed E-state index contributed by atoms with van der Waals surface area (Å²) in [5, 5.41) is 0. The van der Waals surface area contributed by atoms with Crippen LogP contribution in [0.15, 0.2) is 29.4 Å². The summed E-state index contributed by atoms with van der Waals surface area (Å²) in [6.07, 6.45) is 3.29. The third kappa shape index (κ3) is 2.90. The Morgan fingerprint density at radius 2 is 2.18 bits per heavy atom. The molecule has 3 N–H and O–H groups in total. The van der Waals surface area contributed by atoms with Crippen molar-refractivity contribution in [2.45, 2.75) is 4.90 Å². The van der Waals surface area contributed by atoms with Crippen LogP contribution in [-0.4, -0.2) is 11.0 Å². The molecule has 5 heteroatoms. The van der Waals surface area contributed by atoms with Gasteiger partial charge in [-0.3, -0.25) is 9.71 Å². The van der Waals surface area contributed by atoms with Crippen LogP contribution < -0.4 is 10.5 Å². The first-order chi connectivity index (χ1) is 5.29. The zero-order valence-electron chi connectivity index (χ0n) is 5.65. The van der Waals surface area contributed by atoms with Gasteiger partial charge in [-0.05, 0) is 24.1 Å². The summed E-state index contributed by atoms with van der Waals surface area (Å²) in [7, 11) is 0. The lowest BCUT2D eigenvalue weighted by molar-refractivity contribution is 0.254. The van der Waals surface area contributed by atoms with E-state index in [-0.39, 0.29) is 0 Å². The lowest BCUT2D eigenvalue weighted by Gasteiger charge is -1.98. The zero-order chi connectivity index (χ0) is 8.10. The highest BCUT2D eigenvalue weighted by Crippen LogP contribution is 2.10. The number of rotatable bonds is 2. The number of nitrogens with one attached hydrogen (secondary N) is 1. The normalized spacial score (nSPS) is 9.09. The molecule has 1 aromatic heterocycles. The smallest absolute Gasteiger partial charge is 0.322 e. The number of carbonyl (C=O) groups is 1. The third-order valence-corrected chi connectivity index (χ3v) is 1.73. The highest BCUT2D eigenvalue weighted by atomic mass is 32.2. The fourth-order valence-corrected chi connectivity index (χ4v) is 0.992. The Balaban J connectivity index is 2.45. The number of carbonyl (C=O) groups excluding carboxylic acids is 1. The summed E-state index contributed by atoms with van der Waals surface area (Å²) in [5.74, 6) is 0. The first kappa shape index (κ1) is 7.87. The molecule has 11 heavy (non-hydrogen) atoms. The second-order valence-corrected chi connectivity index (χ2v) is 2.63. The van der Waals surface area contributed by atoms with Gasteiger partial charge in [-0.1, -0.05) is 0 Å². The molecule has 0 radical (unpaired) electrons. The molecule has 0 spiro atoms. The Hall–Kier alpha value is -1.23. The van der Waals surface area contributed by atoms with Gasteiger partial charge in [0.1, 0.15) is 0 Å². The monoisotopic (exact) mass is 169 g/mol. The second-order valence-electron chi connectivity index (χ2n) is 1.75. The number of pyridine rings is 1. The Bertz CT molecular complexity index is 239. The molecule has 0 aliphatic rings. The van der Waals surface area contributed by atoms with E-state index in [0.29, 0.717) is 0 Å². The van der Waals surface area contributed by atoms with Crippen molar-refractivity contribution in [3.8, 4) is 0 Å². The molecule has 0 unspecified atom stereocenters. The fourth-order valence-electron chi connectivity index (χ4n) is 0.515. The lowest BCUT2D eigenvalue weighted by atomic mass is 10.5. The average Bonchev–Trinajstić information content (AvgIpc) is 2.03. The summed E-state index contributed by atoms with van der Waals surface area (Å²) >= 11 is 1.16. The van der Waals surface area contributed by atoms with Gasteiger partial charge in [0.25, 0.3) is 0 Å². The molecular weight excluding hydrogens is 162 g/mol. The summed E-state index contributed by atoms with van der Waals surface area (Å²) in [6, 6.07) is 3.01. The van der Waals surface area contributed by atoms with Crippen molar-refractivity contribution in [1.29, 1.82) is 0 Å². The minimum atomic E-state index is -0.549. The number of urea groups is 1. The van der Waals surface area contributed by atoms with Gasteiger partial charge in [-0.25, -0.2) is 4.79 Å². The highest BCUT2D eigenvalue weighted by Gasteiger charge is 1.93. The standard InChI is InChI=1S/C6H7N3OS/c7-6(10)9-11-5-1-3-8-4-2-5/h1-4H,(H3,7,9,10). The van der Waals surface area contributed by atoms with Crippen molar-refractivity contribution in [3.05, 3.63) is 24.5 Å². The number of aromatic nitrogens is 1. The molecule has 4 nitrogen and oxygen atoms in total. The number of primary amides is 1. The molecule has 1 rings (SSSR count). The van der Waals surface area contributed by atoms with Crippen molar-refractivity contribution in [1.82, 2.24) is 9.71 Å². The topological polar surface area (TPSA) is 68.0 Å². The Labute approximate surface area is 68.3 Å².